The molecule has 3 rings (SSSR count). The lowest BCUT2D eigenvalue weighted by molar-refractivity contribution is 0.102. The average Bonchev–Trinajstić information content (AvgIpc) is 3.03. The van der Waals surface area contributed by atoms with Crippen molar-refractivity contribution >= 4 is 27.9 Å². The number of rotatable bonds is 5. The topological polar surface area (TPSA) is 77.2 Å². The van der Waals surface area contributed by atoms with Crippen LogP contribution >= 0.6 is 15.9 Å². The van der Waals surface area contributed by atoms with Gasteiger partial charge in [0.25, 0.3) is 5.91 Å². The molecule has 0 aliphatic heterocycles. The number of nitrogens with one attached hydrogen (secondary N) is 1. The van der Waals surface area contributed by atoms with E-state index in [1.165, 1.54) is 0 Å². The minimum atomic E-state index is -0.333. The van der Waals surface area contributed by atoms with E-state index in [0.717, 1.165) is 10.0 Å². The Hall–Kier alpha value is -2.67. The van der Waals surface area contributed by atoms with Crippen LogP contribution in [-0.4, -0.2) is 22.2 Å². The van der Waals surface area contributed by atoms with Crippen molar-refractivity contribution in [3.63, 3.8) is 0 Å². The van der Waals surface area contributed by atoms with Crippen molar-refractivity contribution in [2.75, 3.05) is 5.32 Å². The Kier molecular flexibility index (Phi) is 5.14. The van der Waals surface area contributed by atoms with Crippen molar-refractivity contribution in [2.45, 2.75) is 20.0 Å². The van der Waals surface area contributed by atoms with Crippen LogP contribution < -0.4 is 10.1 Å². The molecule has 0 spiro atoms. The number of amides is 1. The number of hydrogen-bond donors (Lipinski definition) is 1. The molecular formula is C18H16BrN3O3. The number of carbonyl (C=O) groups is 1. The van der Waals surface area contributed by atoms with Crippen LogP contribution in [0.2, 0.25) is 0 Å². The van der Waals surface area contributed by atoms with E-state index in [1.807, 2.05) is 38.1 Å². The lowest BCUT2D eigenvalue weighted by Crippen LogP contribution is -2.12. The van der Waals surface area contributed by atoms with Crippen LogP contribution in [0, 0.1) is 0 Å². The van der Waals surface area contributed by atoms with Crippen LogP contribution in [-0.2, 0) is 0 Å². The molecule has 2 aromatic carbocycles. The van der Waals surface area contributed by atoms with Crippen LogP contribution in [0.25, 0.3) is 11.5 Å². The van der Waals surface area contributed by atoms with Gasteiger partial charge < -0.3 is 9.15 Å². The largest absolute Gasteiger partial charge is 0.491 e. The second-order valence-electron chi connectivity index (χ2n) is 5.57. The standard InChI is InChI=1S/C18H16BrN3O3/c1-11(2)24-15-8-6-12(7-9-15)16(23)20-18-22-21-17(25-18)13-4-3-5-14(19)10-13/h3-11H,1-2H3,(H,20,22,23). The second-order valence-corrected chi connectivity index (χ2v) is 6.48. The molecule has 6 nitrogen and oxygen atoms in total. The van der Waals surface area contributed by atoms with Gasteiger partial charge in [-0.25, -0.2) is 0 Å². The third kappa shape index (κ3) is 4.45. The summed E-state index contributed by atoms with van der Waals surface area (Å²) in [6.07, 6.45) is 0.0783. The predicted octanol–water partition coefficient (Wildman–Crippen LogP) is 4.54. The summed E-state index contributed by atoms with van der Waals surface area (Å²) < 4.78 is 11.9. The molecule has 7 heteroatoms. The average molecular weight is 402 g/mol. The van der Waals surface area contributed by atoms with Gasteiger partial charge in [0.1, 0.15) is 5.75 Å². The Morgan fingerprint density at radius 1 is 1.16 bits per heavy atom. The molecule has 1 aromatic heterocycles. The molecule has 0 fully saturated rings. The van der Waals surface area contributed by atoms with E-state index in [0.29, 0.717) is 17.2 Å². The van der Waals surface area contributed by atoms with Gasteiger partial charge in [-0.05, 0) is 56.3 Å². The summed E-state index contributed by atoms with van der Waals surface area (Å²) in [6, 6.07) is 14.4. The monoisotopic (exact) mass is 401 g/mol. The van der Waals surface area contributed by atoms with Crippen molar-refractivity contribution in [1.82, 2.24) is 10.2 Å². The number of anilines is 1. The van der Waals surface area contributed by atoms with E-state index in [9.17, 15) is 4.79 Å². The van der Waals surface area contributed by atoms with E-state index in [4.69, 9.17) is 9.15 Å². The number of benzene rings is 2. The van der Waals surface area contributed by atoms with Crippen LogP contribution in [0.15, 0.2) is 57.4 Å². The van der Waals surface area contributed by atoms with Crippen molar-refractivity contribution in [3.05, 3.63) is 58.6 Å². The summed E-state index contributed by atoms with van der Waals surface area (Å²) in [5.41, 5.74) is 1.23. The third-order valence-corrected chi connectivity index (χ3v) is 3.70. The normalized spacial score (nSPS) is 10.7. The van der Waals surface area contributed by atoms with Gasteiger partial charge in [0.15, 0.2) is 0 Å². The molecule has 1 N–H and O–H groups in total. The van der Waals surface area contributed by atoms with Crippen molar-refractivity contribution in [3.8, 4) is 17.2 Å². The Balaban J connectivity index is 1.69. The maximum absolute atomic E-state index is 12.3. The van der Waals surface area contributed by atoms with Gasteiger partial charge in [-0.1, -0.05) is 27.1 Å². The first-order valence-electron chi connectivity index (χ1n) is 7.69. The highest BCUT2D eigenvalue weighted by molar-refractivity contribution is 9.10. The van der Waals surface area contributed by atoms with Gasteiger partial charge in [0.05, 0.1) is 6.10 Å². The first kappa shape index (κ1) is 17.2. The van der Waals surface area contributed by atoms with E-state index in [1.54, 1.807) is 24.3 Å². The Morgan fingerprint density at radius 3 is 2.60 bits per heavy atom. The number of nitrogens with zero attached hydrogens (tertiary/aromatic N) is 2. The van der Waals surface area contributed by atoms with Crippen LogP contribution in [0.5, 0.6) is 5.75 Å². The SMILES string of the molecule is CC(C)Oc1ccc(C(=O)Nc2nnc(-c3cccc(Br)c3)o2)cc1. The van der Waals surface area contributed by atoms with Gasteiger partial charge in [-0.15, -0.1) is 5.10 Å². The molecule has 0 radical (unpaired) electrons. The highest BCUT2D eigenvalue weighted by Gasteiger charge is 2.13. The number of ether oxygens (including phenoxy) is 1. The van der Waals surface area contributed by atoms with Gasteiger partial charge in [-0.2, -0.15) is 0 Å². The zero-order valence-electron chi connectivity index (χ0n) is 13.7. The molecule has 25 heavy (non-hydrogen) atoms. The zero-order valence-corrected chi connectivity index (χ0v) is 15.3. The Labute approximate surface area is 153 Å². The minimum Gasteiger partial charge on any atom is -0.491 e. The highest BCUT2D eigenvalue weighted by Crippen LogP contribution is 2.23. The first-order chi connectivity index (χ1) is 12.0. The third-order valence-electron chi connectivity index (χ3n) is 3.21. The zero-order chi connectivity index (χ0) is 17.8. The molecule has 0 atom stereocenters. The summed E-state index contributed by atoms with van der Waals surface area (Å²) in [7, 11) is 0. The van der Waals surface area contributed by atoms with Crippen LogP contribution in [0.3, 0.4) is 0 Å². The van der Waals surface area contributed by atoms with Gasteiger partial charge in [0, 0.05) is 15.6 Å². The molecule has 0 aliphatic carbocycles. The molecule has 1 amide bonds. The second kappa shape index (κ2) is 7.48. The molecule has 0 bridgehead atoms. The summed E-state index contributed by atoms with van der Waals surface area (Å²) in [5, 5.41) is 10.4. The lowest BCUT2D eigenvalue weighted by Gasteiger charge is -2.09. The van der Waals surface area contributed by atoms with E-state index < -0.39 is 0 Å². The summed E-state index contributed by atoms with van der Waals surface area (Å²) in [5.74, 6) is 0.708. The molecule has 0 saturated carbocycles. The van der Waals surface area contributed by atoms with Crippen molar-refractivity contribution in [2.24, 2.45) is 0 Å². The van der Waals surface area contributed by atoms with Crippen molar-refractivity contribution < 1.29 is 13.9 Å². The molecule has 128 valence electrons. The van der Waals surface area contributed by atoms with Gasteiger partial charge in [0.2, 0.25) is 5.89 Å². The van der Waals surface area contributed by atoms with E-state index in [2.05, 4.69) is 31.4 Å². The maximum Gasteiger partial charge on any atom is 0.322 e. The maximum atomic E-state index is 12.3. The molecular weight excluding hydrogens is 386 g/mol. The fourth-order valence-corrected chi connectivity index (χ4v) is 2.54. The quantitative estimate of drug-likeness (QED) is 0.678. The lowest BCUT2D eigenvalue weighted by atomic mass is 10.2. The van der Waals surface area contributed by atoms with Gasteiger partial charge in [-0.3, -0.25) is 10.1 Å². The minimum absolute atomic E-state index is 0.0440. The van der Waals surface area contributed by atoms with Crippen LogP contribution in [0.4, 0.5) is 6.01 Å². The Bertz CT molecular complexity index is 875. The number of halogens is 1. The first-order valence-corrected chi connectivity index (χ1v) is 8.48. The Morgan fingerprint density at radius 2 is 1.92 bits per heavy atom. The summed E-state index contributed by atoms with van der Waals surface area (Å²) in [6.45, 7) is 3.89. The van der Waals surface area contributed by atoms with Crippen molar-refractivity contribution in [1.29, 1.82) is 0 Å². The summed E-state index contributed by atoms with van der Waals surface area (Å²) in [4.78, 5) is 12.3. The number of carbonyl (C=O) groups excluding carboxylic acids is 1. The molecule has 3 aromatic rings. The molecule has 1 heterocycles. The van der Waals surface area contributed by atoms with Crippen LogP contribution in [0.1, 0.15) is 24.2 Å². The molecule has 0 saturated heterocycles. The fourth-order valence-electron chi connectivity index (χ4n) is 2.14. The predicted molar refractivity (Wildman–Crippen MR) is 97.6 cm³/mol. The van der Waals surface area contributed by atoms with E-state index >= 15 is 0 Å². The molecule has 0 unspecified atom stereocenters. The fraction of sp³-hybridized carbons (Fsp3) is 0.167. The highest BCUT2D eigenvalue weighted by atomic mass is 79.9. The van der Waals surface area contributed by atoms with E-state index in [-0.39, 0.29) is 18.0 Å². The number of aromatic nitrogens is 2. The summed E-state index contributed by atoms with van der Waals surface area (Å²) >= 11 is 3.39. The van der Waals surface area contributed by atoms with Gasteiger partial charge >= 0.3 is 6.01 Å². The number of hydrogen-bond acceptors (Lipinski definition) is 5. The molecule has 0 aliphatic rings. The smallest absolute Gasteiger partial charge is 0.322 e.